The van der Waals surface area contributed by atoms with Crippen molar-refractivity contribution in [2.24, 2.45) is 11.7 Å². The highest BCUT2D eigenvalue weighted by Gasteiger charge is 2.51. The van der Waals surface area contributed by atoms with Crippen molar-refractivity contribution in [1.82, 2.24) is 4.90 Å². The zero-order valence-corrected chi connectivity index (χ0v) is 9.68. The summed E-state index contributed by atoms with van der Waals surface area (Å²) < 4.78 is 5.48. The van der Waals surface area contributed by atoms with E-state index in [4.69, 9.17) is 10.5 Å². The fourth-order valence-electron chi connectivity index (χ4n) is 2.49. The normalized spacial score (nSPS) is 39.1. The van der Waals surface area contributed by atoms with Crippen LogP contribution < -0.4 is 5.73 Å². The highest BCUT2D eigenvalue weighted by Crippen LogP contribution is 2.33. The standard InChI is InChI=1S/C11H18N2O3/c1-3-16-8-5-7(12)10(8)13-9(14)4-6(2)11(13)15/h6-8,10H,3-5,12H2,1-2H3. The van der Waals surface area contributed by atoms with Crippen LogP contribution in [-0.2, 0) is 14.3 Å². The van der Waals surface area contributed by atoms with Crippen LogP contribution in [0, 0.1) is 5.92 Å². The molecule has 1 saturated heterocycles. The first-order valence-electron chi connectivity index (χ1n) is 5.79. The first-order valence-corrected chi connectivity index (χ1v) is 5.79. The number of amides is 2. The number of nitrogens with two attached hydrogens (primary N) is 1. The Hall–Kier alpha value is -0.940. The molecule has 16 heavy (non-hydrogen) atoms. The van der Waals surface area contributed by atoms with Gasteiger partial charge >= 0.3 is 0 Å². The molecule has 90 valence electrons. The lowest BCUT2D eigenvalue weighted by Crippen LogP contribution is -2.66. The summed E-state index contributed by atoms with van der Waals surface area (Å²) in [6.45, 7) is 4.26. The van der Waals surface area contributed by atoms with E-state index in [0.29, 0.717) is 13.0 Å². The third-order valence-electron chi connectivity index (χ3n) is 3.41. The second-order valence-electron chi connectivity index (χ2n) is 4.59. The molecule has 2 aliphatic rings. The van der Waals surface area contributed by atoms with Gasteiger partial charge in [-0.25, -0.2) is 0 Å². The van der Waals surface area contributed by atoms with E-state index in [1.165, 1.54) is 4.90 Å². The van der Waals surface area contributed by atoms with Crippen molar-refractivity contribution < 1.29 is 14.3 Å². The van der Waals surface area contributed by atoms with Crippen molar-refractivity contribution in [3.63, 3.8) is 0 Å². The molecule has 0 spiro atoms. The van der Waals surface area contributed by atoms with Crippen LogP contribution in [0.15, 0.2) is 0 Å². The molecule has 1 aliphatic carbocycles. The van der Waals surface area contributed by atoms with Crippen molar-refractivity contribution in [2.45, 2.75) is 44.9 Å². The van der Waals surface area contributed by atoms with Gasteiger partial charge in [0.1, 0.15) is 0 Å². The molecule has 1 saturated carbocycles. The van der Waals surface area contributed by atoms with Crippen molar-refractivity contribution in [3.8, 4) is 0 Å². The summed E-state index contributed by atoms with van der Waals surface area (Å²) in [7, 11) is 0. The van der Waals surface area contributed by atoms with E-state index in [2.05, 4.69) is 0 Å². The molecule has 0 radical (unpaired) electrons. The Kier molecular flexibility index (Phi) is 2.99. The number of rotatable bonds is 3. The first-order chi connectivity index (χ1) is 7.56. The fourth-order valence-corrected chi connectivity index (χ4v) is 2.49. The summed E-state index contributed by atoms with van der Waals surface area (Å²) in [5.74, 6) is -0.417. The van der Waals surface area contributed by atoms with Gasteiger partial charge in [0, 0.05) is 25.0 Å². The van der Waals surface area contributed by atoms with Crippen LogP contribution in [0.5, 0.6) is 0 Å². The Morgan fingerprint density at radius 1 is 1.50 bits per heavy atom. The SMILES string of the molecule is CCOC1CC(N)C1N1C(=O)CC(C)C1=O. The highest BCUT2D eigenvalue weighted by molar-refractivity contribution is 6.03. The molecule has 1 heterocycles. The summed E-state index contributed by atoms with van der Waals surface area (Å²) >= 11 is 0. The van der Waals surface area contributed by atoms with E-state index >= 15 is 0 Å². The summed E-state index contributed by atoms with van der Waals surface area (Å²) in [5, 5.41) is 0. The van der Waals surface area contributed by atoms with E-state index < -0.39 is 0 Å². The number of carbonyl (C=O) groups is 2. The van der Waals surface area contributed by atoms with Gasteiger partial charge in [-0.1, -0.05) is 6.92 Å². The zero-order chi connectivity index (χ0) is 11.9. The molecule has 5 nitrogen and oxygen atoms in total. The molecule has 2 rings (SSSR count). The van der Waals surface area contributed by atoms with E-state index in [-0.39, 0.29) is 35.9 Å². The molecule has 0 aromatic heterocycles. The van der Waals surface area contributed by atoms with E-state index in [0.717, 1.165) is 6.42 Å². The molecule has 0 bridgehead atoms. The summed E-state index contributed by atoms with van der Waals surface area (Å²) in [4.78, 5) is 24.9. The van der Waals surface area contributed by atoms with Gasteiger partial charge in [0.2, 0.25) is 11.8 Å². The van der Waals surface area contributed by atoms with Crippen LogP contribution in [-0.4, -0.2) is 41.5 Å². The third kappa shape index (κ3) is 1.64. The zero-order valence-electron chi connectivity index (χ0n) is 9.68. The minimum absolute atomic E-state index is 0.0711. The maximum atomic E-state index is 11.8. The summed E-state index contributed by atoms with van der Waals surface area (Å²) in [6, 6.07) is -0.375. The highest BCUT2D eigenvalue weighted by atomic mass is 16.5. The van der Waals surface area contributed by atoms with Gasteiger partial charge in [-0.2, -0.15) is 0 Å². The summed E-state index contributed by atoms with van der Waals surface area (Å²) in [6.07, 6.45) is 0.961. The average Bonchev–Trinajstić information content (AvgIpc) is 2.45. The van der Waals surface area contributed by atoms with Gasteiger partial charge in [0.15, 0.2) is 0 Å². The lowest BCUT2D eigenvalue weighted by Gasteiger charge is -2.46. The van der Waals surface area contributed by atoms with Crippen molar-refractivity contribution in [1.29, 1.82) is 0 Å². The van der Waals surface area contributed by atoms with E-state index in [1.54, 1.807) is 6.92 Å². The van der Waals surface area contributed by atoms with Crippen LogP contribution in [0.25, 0.3) is 0 Å². The molecule has 2 N–H and O–H groups in total. The van der Waals surface area contributed by atoms with Crippen LogP contribution in [0.3, 0.4) is 0 Å². The van der Waals surface area contributed by atoms with Crippen molar-refractivity contribution in [2.75, 3.05) is 6.61 Å². The molecule has 0 aromatic carbocycles. The number of imide groups is 1. The van der Waals surface area contributed by atoms with Crippen molar-refractivity contribution in [3.05, 3.63) is 0 Å². The number of carbonyl (C=O) groups excluding carboxylic acids is 2. The Balaban J connectivity index is 2.11. The molecule has 0 aromatic rings. The van der Waals surface area contributed by atoms with E-state index in [1.807, 2.05) is 6.92 Å². The minimum atomic E-state index is -0.245. The molecule has 1 aliphatic heterocycles. The first kappa shape index (κ1) is 11.5. The quantitative estimate of drug-likeness (QED) is 0.681. The van der Waals surface area contributed by atoms with Gasteiger partial charge in [-0.15, -0.1) is 0 Å². The molecule has 5 heteroatoms. The summed E-state index contributed by atoms with van der Waals surface area (Å²) in [5.41, 5.74) is 5.87. The maximum absolute atomic E-state index is 11.8. The largest absolute Gasteiger partial charge is 0.376 e. The maximum Gasteiger partial charge on any atom is 0.232 e. The third-order valence-corrected chi connectivity index (χ3v) is 3.41. The second-order valence-corrected chi connectivity index (χ2v) is 4.59. The molecule has 4 unspecified atom stereocenters. The Morgan fingerprint density at radius 2 is 2.19 bits per heavy atom. The lowest BCUT2D eigenvalue weighted by atomic mass is 9.82. The molecular weight excluding hydrogens is 208 g/mol. The smallest absolute Gasteiger partial charge is 0.232 e. The van der Waals surface area contributed by atoms with Gasteiger partial charge in [0.05, 0.1) is 12.1 Å². The van der Waals surface area contributed by atoms with Crippen LogP contribution >= 0.6 is 0 Å². The van der Waals surface area contributed by atoms with Gasteiger partial charge < -0.3 is 10.5 Å². The number of nitrogens with zero attached hydrogens (tertiary/aromatic N) is 1. The monoisotopic (exact) mass is 226 g/mol. The number of hydrogen-bond donors (Lipinski definition) is 1. The number of ether oxygens (including phenoxy) is 1. The Labute approximate surface area is 94.9 Å². The minimum Gasteiger partial charge on any atom is -0.376 e. The van der Waals surface area contributed by atoms with Crippen LogP contribution in [0.1, 0.15) is 26.7 Å². The molecule has 2 amide bonds. The van der Waals surface area contributed by atoms with Crippen molar-refractivity contribution >= 4 is 11.8 Å². The fraction of sp³-hybridized carbons (Fsp3) is 0.818. The van der Waals surface area contributed by atoms with Crippen LogP contribution in [0.2, 0.25) is 0 Å². The van der Waals surface area contributed by atoms with E-state index in [9.17, 15) is 9.59 Å². The Bertz CT molecular complexity index is 316. The Morgan fingerprint density at radius 3 is 2.62 bits per heavy atom. The van der Waals surface area contributed by atoms with Gasteiger partial charge in [-0.3, -0.25) is 14.5 Å². The predicted octanol–water partition coefficient (Wildman–Crippen LogP) is -0.114. The van der Waals surface area contributed by atoms with Crippen LogP contribution in [0.4, 0.5) is 0 Å². The second kappa shape index (κ2) is 4.14. The topological polar surface area (TPSA) is 72.6 Å². The molecule has 2 fully saturated rings. The number of hydrogen-bond acceptors (Lipinski definition) is 4. The number of likely N-dealkylation sites (tertiary alicyclic amines) is 1. The predicted molar refractivity (Wildman–Crippen MR) is 57.4 cm³/mol. The molecular formula is C11H18N2O3. The van der Waals surface area contributed by atoms with Gasteiger partial charge in [-0.05, 0) is 13.3 Å². The average molecular weight is 226 g/mol. The molecule has 4 atom stereocenters. The lowest BCUT2D eigenvalue weighted by molar-refractivity contribution is -0.154. The van der Waals surface area contributed by atoms with Gasteiger partial charge in [0.25, 0.3) is 0 Å².